The number of hydrogen-bond donors (Lipinski definition) is 1. The summed E-state index contributed by atoms with van der Waals surface area (Å²) in [6.45, 7) is 4.73. The monoisotopic (exact) mass is 300 g/mol. The molecule has 1 fully saturated rings. The summed E-state index contributed by atoms with van der Waals surface area (Å²) in [5.41, 5.74) is 1.60. The van der Waals surface area contributed by atoms with Crippen LogP contribution in [0.15, 0.2) is 6.07 Å². The number of rotatable bonds is 4. The number of carbonyl (C=O) groups excluding carboxylic acids is 1. The number of likely N-dealkylation sites (tertiary alicyclic amines) is 1. The van der Waals surface area contributed by atoms with Crippen LogP contribution in [0.1, 0.15) is 35.4 Å². The molecule has 0 unspecified atom stereocenters. The van der Waals surface area contributed by atoms with E-state index in [2.05, 4.69) is 10.4 Å². The van der Waals surface area contributed by atoms with Crippen LogP contribution >= 0.6 is 12.4 Å². The Kier molecular flexibility index (Phi) is 6.49. The van der Waals surface area contributed by atoms with Crippen LogP contribution in [0.3, 0.4) is 0 Å². The second-order valence-electron chi connectivity index (χ2n) is 5.42. The quantitative estimate of drug-likeness (QED) is 0.919. The van der Waals surface area contributed by atoms with Crippen LogP contribution in [0.4, 0.5) is 0 Å². The molecule has 1 saturated heterocycles. The number of halogens is 1. The Morgan fingerprint density at radius 2 is 2.10 bits per heavy atom. The van der Waals surface area contributed by atoms with Crippen LogP contribution in [0.25, 0.3) is 0 Å². The lowest BCUT2D eigenvalue weighted by atomic mass is 9.93. The first-order valence-corrected chi connectivity index (χ1v) is 7.06. The van der Waals surface area contributed by atoms with Gasteiger partial charge in [0.1, 0.15) is 5.69 Å². The van der Waals surface area contributed by atoms with Gasteiger partial charge in [0.15, 0.2) is 0 Å². The van der Waals surface area contributed by atoms with E-state index in [1.807, 2.05) is 32.0 Å². The standard InChI is InChI=1S/C14H24N4O.ClH/c1-11-10-13(17(3)16-11)14(19)18-8-5-12(6-9-18)4-7-15-2;/h10,12,15H,4-9H2,1-3H3;1H. The first-order chi connectivity index (χ1) is 9.11. The Labute approximate surface area is 127 Å². The van der Waals surface area contributed by atoms with Gasteiger partial charge in [-0.05, 0) is 51.8 Å². The molecule has 0 spiro atoms. The molecule has 2 rings (SSSR count). The second kappa shape index (κ2) is 7.64. The van der Waals surface area contributed by atoms with Crippen LogP contribution < -0.4 is 5.32 Å². The molecule has 1 aliphatic heterocycles. The van der Waals surface area contributed by atoms with E-state index in [9.17, 15) is 4.79 Å². The lowest BCUT2D eigenvalue weighted by Gasteiger charge is -2.32. The van der Waals surface area contributed by atoms with Gasteiger partial charge in [-0.25, -0.2) is 0 Å². The first-order valence-electron chi connectivity index (χ1n) is 7.06. The van der Waals surface area contributed by atoms with Gasteiger partial charge in [-0.2, -0.15) is 5.10 Å². The summed E-state index contributed by atoms with van der Waals surface area (Å²) in [6.07, 6.45) is 3.44. The summed E-state index contributed by atoms with van der Waals surface area (Å²) in [6, 6.07) is 1.87. The highest BCUT2D eigenvalue weighted by Crippen LogP contribution is 2.21. The maximum atomic E-state index is 12.4. The largest absolute Gasteiger partial charge is 0.337 e. The number of aromatic nitrogens is 2. The molecule has 114 valence electrons. The Hall–Kier alpha value is -1.07. The molecule has 0 aliphatic carbocycles. The average molecular weight is 301 g/mol. The fraction of sp³-hybridized carbons (Fsp3) is 0.714. The predicted molar refractivity (Wildman–Crippen MR) is 82.4 cm³/mol. The molecular formula is C14H25ClN4O. The third kappa shape index (κ3) is 3.96. The maximum absolute atomic E-state index is 12.4. The molecule has 0 atom stereocenters. The summed E-state index contributed by atoms with van der Waals surface area (Å²) in [5, 5.41) is 7.44. The van der Waals surface area contributed by atoms with E-state index in [1.165, 1.54) is 6.42 Å². The molecule has 0 saturated carbocycles. The highest BCUT2D eigenvalue weighted by molar-refractivity contribution is 5.92. The van der Waals surface area contributed by atoms with E-state index in [-0.39, 0.29) is 18.3 Å². The van der Waals surface area contributed by atoms with Crippen LogP contribution in [-0.2, 0) is 7.05 Å². The molecule has 1 aromatic heterocycles. The molecule has 20 heavy (non-hydrogen) atoms. The Morgan fingerprint density at radius 1 is 1.45 bits per heavy atom. The van der Waals surface area contributed by atoms with Gasteiger partial charge in [-0.3, -0.25) is 9.48 Å². The van der Waals surface area contributed by atoms with E-state index >= 15 is 0 Å². The minimum absolute atomic E-state index is 0. The fourth-order valence-corrected chi connectivity index (χ4v) is 2.75. The zero-order chi connectivity index (χ0) is 13.8. The maximum Gasteiger partial charge on any atom is 0.272 e. The molecular weight excluding hydrogens is 276 g/mol. The highest BCUT2D eigenvalue weighted by Gasteiger charge is 2.25. The molecule has 2 heterocycles. The summed E-state index contributed by atoms with van der Waals surface area (Å²) < 4.78 is 1.69. The number of aryl methyl sites for hydroxylation is 2. The van der Waals surface area contributed by atoms with E-state index in [1.54, 1.807) is 4.68 Å². The van der Waals surface area contributed by atoms with E-state index in [4.69, 9.17) is 0 Å². The third-order valence-corrected chi connectivity index (χ3v) is 3.93. The summed E-state index contributed by atoms with van der Waals surface area (Å²) >= 11 is 0. The Balaban J connectivity index is 0.00000200. The van der Waals surface area contributed by atoms with Crippen molar-refractivity contribution < 1.29 is 4.79 Å². The Morgan fingerprint density at radius 3 is 2.60 bits per heavy atom. The summed E-state index contributed by atoms with van der Waals surface area (Å²) in [5.74, 6) is 0.875. The third-order valence-electron chi connectivity index (χ3n) is 3.93. The van der Waals surface area contributed by atoms with Crippen molar-refractivity contribution in [3.8, 4) is 0 Å². The normalized spacial score (nSPS) is 16.1. The van der Waals surface area contributed by atoms with E-state index in [0.29, 0.717) is 5.69 Å². The van der Waals surface area contributed by atoms with Crippen molar-refractivity contribution in [3.05, 3.63) is 17.5 Å². The highest BCUT2D eigenvalue weighted by atomic mass is 35.5. The molecule has 1 amide bonds. The molecule has 0 aromatic carbocycles. The summed E-state index contributed by atoms with van der Waals surface area (Å²) in [4.78, 5) is 14.4. The smallest absolute Gasteiger partial charge is 0.272 e. The number of hydrogen-bond acceptors (Lipinski definition) is 3. The molecule has 6 heteroatoms. The van der Waals surface area contributed by atoms with Crippen molar-refractivity contribution in [2.24, 2.45) is 13.0 Å². The van der Waals surface area contributed by atoms with Crippen molar-refractivity contribution in [2.45, 2.75) is 26.2 Å². The molecule has 1 aromatic rings. The number of piperidine rings is 1. The van der Waals surface area contributed by atoms with Crippen LogP contribution in [0.5, 0.6) is 0 Å². The SMILES string of the molecule is CNCCC1CCN(C(=O)c2cc(C)nn2C)CC1.Cl. The van der Waals surface area contributed by atoms with Crippen molar-refractivity contribution >= 4 is 18.3 Å². The van der Waals surface area contributed by atoms with Gasteiger partial charge >= 0.3 is 0 Å². The van der Waals surface area contributed by atoms with Crippen LogP contribution in [-0.4, -0.2) is 47.3 Å². The lowest BCUT2D eigenvalue weighted by Crippen LogP contribution is -2.39. The molecule has 0 radical (unpaired) electrons. The fourth-order valence-electron chi connectivity index (χ4n) is 2.75. The molecule has 1 aliphatic rings. The van der Waals surface area contributed by atoms with Gasteiger partial charge in [0.2, 0.25) is 0 Å². The zero-order valence-corrected chi connectivity index (χ0v) is 13.4. The number of nitrogens with one attached hydrogen (secondary N) is 1. The second-order valence-corrected chi connectivity index (χ2v) is 5.42. The Bertz CT molecular complexity index is 438. The first kappa shape index (κ1) is 17.0. The van der Waals surface area contributed by atoms with Crippen molar-refractivity contribution in [1.82, 2.24) is 20.0 Å². The molecule has 1 N–H and O–H groups in total. The number of amides is 1. The van der Waals surface area contributed by atoms with Gasteiger partial charge in [0.05, 0.1) is 5.69 Å². The minimum atomic E-state index is 0. The average Bonchev–Trinajstić information content (AvgIpc) is 2.75. The number of nitrogens with zero attached hydrogens (tertiary/aromatic N) is 3. The van der Waals surface area contributed by atoms with Crippen LogP contribution in [0.2, 0.25) is 0 Å². The number of carbonyl (C=O) groups is 1. The molecule has 0 bridgehead atoms. The van der Waals surface area contributed by atoms with Gasteiger partial charge in [0, 0.05) is 20.1 Å². The topological polar surface area (TPSA) is 50.2 Å². The van der Waals surface area contributed by atoms with Gasteiger partial charge in [0.25, 0.3) is 5.91 Å². The lowest BCUT2D eigenvalue weighted by molar-refractivity contribution is 0.0676. The zero-order valence-electron chi connectivity index (χ0n) is 12.6. The van der Waals surface area contributed by atoms with Crippen molar-refractivity contribution in [2.75, 3.05) is 26.7 Å². The van der Waals surface area contributed by atoms with Crippen molar-refractivity contribution in [1.29, 1.82) is 0 Å². The van der Waals surface area contributed by atoms with Gasteiger partial charge in [-0.1, -0.05) is 0 Å². The van der Waals surface area contributed by atoms with E-state index in [0.717, 1.165) is 44.1 Å². The van der Waals surface area contributed by atoms with E-state index < -0.39 is 0 Å². The van der Waals surface area contributed by atoms with Crippen LogP contribution in [0, 0.1) is 12.8 Å². The van der Waals surface area contributed by atoms with Gasteiger partial charge < -0.3 is 10.2 Å². The van der Waals surface area contributed by atoms with Gasteiger partial charge in [-0.15, -0.1) is 12.4 Å². The molecule has 5 nitrogen and oxygen atoms in total. The van der Waals surface area contributed by atoms with Crippen molar-refractivity contribution in [3.63, 3.8) is 0 Å². The minimum Gasteiger partial charge on any atom is -0.337 e. The summed E-state index contributed by atoms with van der Waals surface area (Å²) in [7, 11) is 3.82. The predicted octanol–water partition coefficient (Wildman–Crippen LogP) is 1.61.